The molecule has 0 aliphatic carbocycles. The molecule has 33 heavy (non-hydrogen) atoms. The first-order valence-corrected chi connectivity index (χ1v) is 11.3. The number of carboxylic acids is 1. The minimum absolute atomic E-state index is 0.0323. The van der Waals surface area contributed by atoms with Crippen LogP contribution in [0.4, 0.5) is 0 Å². The number of likely N-dealkylation sites (tertiary alicyclic amines) is 1. The van der Waals surface area contributed by atoms with Gasteiger partial charge in [0.1, 0.15) is 17.2 Å². The van der Waals surface area contributed by atoms with Gasteiger partial charge in [0.05, 0.1) is 24.8 Å². The van der Waals surface area contributed by atoms with Crippen LogP contribution < -0.4 is 9.47 Å². The van der Waals surface area contributed by atoms with Crippen LogP contribution in [0, 0.1) is 11.8 Å². The van der Waals surface area contributed by atoms with Gasteiger partial charge in [0.15, 0.2) is 0 Å². The second kappa shape index (κ2) is 10.3. The van der Waals surface area contributed by atoms with Crippen LogP contribution in [0.2, 0.25) is 5.02 Å². The molecule has 1 amide bonds. The number of amides is 1. The number of benzene rings is 2. The van der Waals surface area contributed by atoms with Crippen LogP contribution in [0.25, 0.3) is 0 Å². The van der Waals surface area contributed by atoms with Gasteiger partial charge in [0.2, 0.25) is 5.91 Å². The summed E-state index contributed by atoms with van der Waals surface area (Å²) < 4.78 is 10.8. The molecule has 2 aromatic rings. The zero-order valence-corrected chi connectivity index (χ0v) is 20.1. The average Bonchev–Trinajstić information content (AvgIpc) is 2.76. The minimum Gasteiger partial charge on any atom is -0.507 e. The molecule has 0 bridgehead atoms. The summed E-state index contributed by atoms with van der Waals surface area (Å²) in [5, 5.41) is 20.3. The summed E-state index contributed by atoms with van der Waals surface area (Å²) in [4.78, 5) is 26.7. The number of rotatable bonds is 7. The molecular weight excluding hydrogens is 446 g/mol. The third-order valence-electron chi connectivity index (χ3n) is 6.12. The van der Waals surface area contributed by atoms with Crippen molar-refractivity contribution < 1.29 is 29.3 Å². The molecule has 2 aromatic carbocycles. The minimum atomic E-state index is -1.14. The van der Waals surface area contributed by atoms with Crippen molar-refractivity contribution >= 4 is 23.5 Å². The van der Waals surface area contributed by atoms with E-state index in [1.54, 1.807) is 12.1 Å². The number of aromatic carboxylic acids is 1. The van der Waals surface area contributed by atoms with Crippen molar-refractivity contribution in [1.82, 2.24) is 4.90 Å². The second-order valence-electron chi connectivity index (χ2n) is 8.81. The zero-order valence-electron chi connectivity index (χ0n) is 19.3. The quantitative estimate of drug-likeness (QED) is 0.597. The molecule has 0 aromatic heterocycles. The fourth-order valence-electron chi connectivity index (χ4n) is 4.70. The Hall–Kier alpha value is -2.93. The smallest absolute Gasteiger partial charge is 0.337 e. The number of hydrogen-bond acceptors (Lipinski definition) is 5. The Labute approximate surface area is 198 Å². The Morgan fingerprint density at radius 1 is 1.12 bits per heavy atom. The van der Waals surface area contributed by atoms with Crippen LogP contribution >= 0.6 is 11.6 Å². The van der Waals surface area contributed by atoms with Gasteiger partial charge in [-0.3, -0.25) is 4.79 Å². The van der Waals surface area contributed by atoms with Gasteiger partial charge in [0, 0.05) is 43.1 Å². The Kier molecular flexibility index (Phi) is 7.74. The summed E-state index contributed by atoms with van der Waals surface area (Å²) in [6.07, 6.45) is 1.14. The van der Waals surface area contributed by atoms with Crippen LogP contribution in [-0.4, -0.2) is 54.3 Å². The van der Waals surface area contributed by atoms with E-state index < -0.39 is 11.9 Å². The van der Waals surface area contributed by atoms with E-state index in [0.29, 0.717) is 47.6 Å². The highest BCUT2D eigenvalue weighted by molar-refractivity contribution is 6.33. The van der Waals surface area contributed by atoms with E-state index in [1.807, 2.05) is 4.90 Å². The standard InChI is InChI=1S/C25H30ClNO6/c1-14-7-15(2)13-27(12-14)23(29)11-19(16-5-6-18(25(30)31)20(26)8-16)24-21(28)9-17(32-3)10-22(24)33-4/h5-6,8-10,14-15,19,28H,7,11-13H2,1-4H3,(H,30,31)/t14-,15+,19?. The van der Waals surface area contributed by atoms with Gasteiger partial charge in [0.25, 0.3) is 0 Å². The van der Waals surface area contributed by atoms with E-state index in [9.17, 15) is 19.8 Å². The number of ether oxygens (including phenoxy) is 2. The Bertz CT molecular complexity index is 1030. The van der Waals surface area contributed by atoms with Gasteiger partial charge in [-0.15, -0.1) is 0 Å². The average molecular weight is 476 g/mol. The number of carboxylic acid groups (broad SMARTS) is 1. The van der Waals surface area contributed by atoms with Crippen molar-refractivity contribution in [2.45, 2.75) is 32.6 Å². The van der Waals surface area contributed by atoms with E-state index in [-0.39, 0.29) is 28.7 Å². The fraction of sp³-hybridized carbons (Fsp3) is 0.440. The number of halogens is 1. The molecule has 0 saturated carbocycles. The summed E-state index contributed by atoms with van der Waals surface area (Å²) in [6, 6.07) is 7.68. The number of methoxy groups -OCH3 is 2. The van der Waals surface area contributed by atoms with Gasteiger partial charge in [-0.25, -0.2) is 4.79 Å². The maximum Gasteiger partial charge on any atom is 0.337 e. The number of aromatic hydroxyl groups is 1. The topological polar surface area (TPSA) is 96.3 Å². The third kappa shape index (κ3) is 5.53. The summed E-state index contributed by atoms with van der Waals surface area (Å²) in [5.41, 5.74) is 0.995. The van der Waals surface area contributed by atoms with Gasteiger partial charge in [-0.05, 0) is 36.0 Å². The molecule has 178 valence electrons. The summed E-state index contributed by atoms with van der Waals surface area (Å²) in [7, 11) is 2.96. The molecule has 1 aliphatic rings. The Balaban J connectivity index is 2.07. The van der Waals surface area contributed by atoms with Crippen LogP contribution in [0.1, 0.15) is 54.1 Å². The van der Waals surface area contributed by atoms with Gasteiger partial charge in [-0.2, -0.15) is 0 Å². The number of carbonyl (C=O) groups is 2. The first-order chi connectivity index (χ1) is 15.6. The van der Waals surface area contributed by atoms with Crippen molar-refractivity contribution in [1.29, 1.82) is 0 Å². The molecule has 1 fully saturated rings. The predicted molar refractivity (Wildman–Crippen MR) is 126 cm³/mol. The van der Waals surface area contributed by atoms with Crippen molar-refractivity contribution in [3.63, 3.8) is 0 Å². The molecule has 1 aliphatic heterocycles. The molecule has 7 nitrogen and oxygen atoms in total. The summed E-state index contributed by atoms with van der Waals surface area (Å²) in [6.45, 7) is 5.63. The molecular formula is C25H30ClNO6. The van der Waals surface area contributed by atoms with E-state index in [1.165, 1.54) is 32.4 Å². The van der Waals surface area contributed by atoms with Crippen LogP contribution in [0.5, 0.6) is 17.2 Å². The molecule has 1 unspecified atom stereocenters. The molecule has 1 saturated heterocycles. The normalized spacial score (nSPS) is 19.1. The molecule has 3 rings (SSSR count). The Morgan fingerprint density at radius 2 is 1.79 bits per heavy atom. The van der Waals surface area contributed by atoms with Crippen LogP contribution in [-0.2, 0) is 4.79 Å². The maximum absolute atomic E-state index is 13.4. The SMILES string of the molecule is COc1cc(O)c(C(CC(=O)N2C[C@H](C)C[C@H](C)C2)c2ccc(C(=O)O)c(Cl)c2)c(OC)c1. The van der Waals surface area contributed by atoms with Gasteiger partial charge < -0.3 is 24.6 Å². The molecule has 0 spiro atoms. The third-order valence-corrected chi connectivity index (χ3v) is 6.44. The van der Waals surface area contributed by atoms with Crippen LogP contribution in [0.3, 0.4) is 0 Å². The number of piperidine rings is 1. The molecule has 2 N–H and O–H groups in total. The molecule has 8 heteroatoms. The van der Waals surface area contributed by atoms with E-state index >= 15 is 0 Å². The van der Waals surface area contributed by atoms with Gasteiger partial charge >= 0.3 is 5.97 Å². The largest absolute Gasteiger partial charge is 0.507 e. The van der Waals surface area contributed by atoms with Crippen molar-refractivity contribution in [2.24, 2.45) is 11.8 Å². The second-order valence-corrected chi connectivity index (χ2v) is 9.22. The predicted octanol–water partition coefficient (Wildman–Crippen LogP) is 4.79. The molecule has 3 atom stereocenters. The number of carbonyl (C=O) groups excluding carboxylic acids is 1. The van der Waals surface area contributed by atoms with E-state index in [2.05, 4.69) is 13.8 Å². The monoisotopic (exact) mass is 475 g/mol. The van der Waals surface area contributed by atoms with Crippen molar-refractivity contribution in [2.75, 3.05) is 27.3 Å². The van der Waals surface area contributed by atoms with Crippen LogP contribution in [0.15, 0.2) is 30.3 Å². The first-order valence-electron chi connectivity index (χ1n) is 10.9. The lowest BCUT2D eigenvalue weighted by Gasteiger charge is -2.36. The lowest BCUT2D eigenvalue weighted by Crippen LogP contribution is -2.43. The number of phenols is 1. The fourth-order valence-corrected chi connectivity index (χ4v) is 4.97. The molecule has 0 radical (unpaired) electrons. The highest BCUT2D eigenvalue weighted by Gasteiger charge is 2.31. The van der Waals surface area contributed by atoms with Gasteiger partial charge in [-0.1, -0.05) is 31.5 Å². The van der Waals surface area contributed by atoms with E-state index in [4.69, 9.17) is 21.1 Å². The van der Waals surface area contributed by atoms with Crippen molar-refractivity contribution in [3.8, 4) is 17.2 Å². The lowest BCUT2D eigenvalue weighted by molar-refractivity contribution is -0.134. The number of hydrogen-bond donors (Lipinski definition) is 2. The Morgan fingerprint density at radius 3 is 2.33 bits per heavy atom. The molecule has 1 heterocycles. The number of nitrogens with zero attached hydrogens (tertiary/aromatic N) is 1. The highest BCUT2D eigenvalue weighted by atomic mass is 35.5. The number of phenolic OH excluding ortho intramolecular Hbond substituents is 1. The summed E-state index contributed by atoms with van der Waals surface area (Å²) in [5.74, 6) is -0.281. The van der Waals surface area contributed by atoms with Crippen molar-refractivity contribution in [3.05, 3.63) is 52.0 Å². The maximum atomic E-state index is 13.4. The zero-order chi connectivity index (χ0) is 24.3. The summed E-state index contributed by atoms with van der Waals surface area (Å²) >= 11 is 6.25. The highest BCUT2D eigenvalue weighted by Crippen LogP contribution is 2.44. The van der Waals surface area contributed by atoms with E-state index in [0.717, 1.165) is 6.42 Å². The lowest BCUT2D eigenvalue weighted by atomic mass is 9.85. The first kappa shape index (κ1) is 24.7.